The molecule has 1 aromatic heterocycles. The molecule has 0 saturated carbocycles. The summed E-state index contributed by atoms with van der Waals surface area (Å²) in [7, 11) is 0. The molecular formula is C7H6F3N2. The van der Waals surface area contributed by atoms with Gasteiger partial charge in [0.1, 0.15) is 0 Å². The lowest BCUT2D eigenvalue weighted by molar-refractivity contribution is -0.145. The molecule has 1 radical (unpaired) electrons. The number of halogens is 3. The smallest absolute Gasteiger partial charge is 0.233 e. The van der Waals surface area contributed by atoms with Crippen molar-refractivity contribution in [3.05, 3.63) is 30.2 Å². The van der Waals surface area contributed by atoms with E-state index in [0.717, 1.165) is 6.20 Å². The van der Waals surface area contributed by atoms with Crippen molar-refractivity contribution < 1.29 is 13.2 Å². The van der Waals surface area contributed by atoms with Crippen molar-refractivity contribution in [1.82, 2.24) is 9.97 Å². The fourth-order valence-electron chi connectivity index (χ4n) is 0.629. The summed E-state index contributed by atoms with van der Waals surface area (Å²) in [5.41, 5.74) is 0.653. The van der Waals surface area contributed by atoms with Gasteiger partial charge >= 0.3 is 6.18 Å². The van der Waals surface area contributed by atoms with Crippen molar-refractivity contribution in [2.75, 3.05) is 0 Å². The monoisotopic (exact) mass is 175 g/mol. The first-order valence-electron chi connectivity index (χ1n) is 3.14. The van der Waals surface area contributed by atoms with E-state index in [1.807, 2.05) is 0 Å². The molecular weight excluding hydrogens is 169 g/mol. The summed E-state index contributed by atoms with van der Waals surface area (Å²) in [6.07, 6.45) is -3.41. The lowest BCUT2D eigenvalue weighted by Gasteiger charge is -2.05. The van der Waals surface area contributed by atoms with Crippen LogP contribution in [0.1, 0.15) is 17.1 Å². The van der Waals surface area contributed by atoms with E-state index in [2.05, 4.69) is 16.9 Å². The van der Waals surface area contributed by atoms with Crippen LogP contribution in [0.15, 0.2) is 6.20 Å². The third kappa shape index (κ3) is 1.72. The minimum absolute atomic E-state index is 0.248. The highest BCUT2D eigenvalue weighted by Crippen LogP contribution is 2.25. The molecule has 0 fully saturated rings. The minimum Gasteiger partial charge on any atom is -0.233 e. The van der Waals surface area contributed by atoms with Gasteiger partial charge in [-0.15, -0.1) is 0 Å². The molecule has 0 aliphatic carbocycles. The summed E-state index contributed by atoms with van der Waals surface area (Å²) in [6.45, 7) is 4.91. The Kier molecular flexibility index (Phi) is 2.04. The van der Waals surface area contributed by atoms with Crippen molar-refractivity contribution in [3.8, 4) is 0 Å². The van der Waals surface area contributed by atoms with Gasteiger partial charge in [-0.3, -0.25) is 0 Å². The van der Waals surface area contributed by atoms with Gasteiger partial charge in [-0.05, 0) is 19.4 Å². The van der Waals surface area contributed by atoms with Gasteiger partial charge in [-0.2, -0.15) is 13.2 Å². The van der Waals surface area contributed by atoms with E-state index in [0.29, 0.717) is 5.56 Å². The number of rotatable bonds is 0. The number of alkyl halides is 3. The van der Waals surface area contributed by atoms with E-state index in [9.17, 15) is 13.2 Å². The quantitative estimate of drug-likeness (QED) is 0.602. The Morgan fingerprint density at radius 1 is 1.42 bits per heavy atom. The summed E-state index contributed by atoms with van der Waals surface area (Å²) >= 11 is 0. The largest absolute Gasteiger partial charge is 0.451 e. The molecule has 0 unspecified atom stereocenters. The fourth-order valence-corrected chi connectivity index (χ4v) is 0.629. The Morgan fingerprint density at radius 3 is 2.42 bits per heavy atom. The van der Waals surface area contributed by atoms with Crippen LogP contribution in [0.3, 0.4) is 0 Å². The molecule has 1 aromatic rings. The maximum absolute atomic E-state index is 12.0. The predicted molar refractivity (Wildman–Crippen MR) is 36.2 cm³/mol. The molecule has 0 N–H and O–H groups in total. The average Bonchev–Trinajstić information content (AvgIpc) is 1.92. The molecule has 1 rings (SSSR count). The van der Waals surface area contributed by atoms with E-state index in [1.54, 1.807) is 0 Å². The zero-order valence-electron chi connectivity index (χ0n) is 6.31. The molecule has 5 heteroatoms. The second kappa shape index (κ2) is 2.73. The van der Waals surface area contributed by atoms with Gasteiger partial charge in [0.25, 0.3) is 0 Å². The second-order valence-corrected chi connectivity index (χ2v) is 2.30. The number of nitrogens with zero attached hydrogens (tertiary/aromatic N) is 2. The van der Waals surface area contributed by atoms with Gasteiger partial charge in [-0.25, -0.2) is 9.97 Å². The molecule has 0 saturated heterocycles. The summed E-state index contributed by atoms with van der Waals surface area (Å²) in [6, 6.07) is 0. The predicted octanol–water partition coefficient (Wildman–Crippen LogP) is 1.99. The molecule has 2 nitrogen and oxygen atoms in total. The third-order valence-corrected chi connectivity index (χ3v) is 1.33. The zero-order valence-corrected chi connectivity index (χ0v) is 6.31. The maximum atomic E-state index is 12.0. The minimum atomic E-state index is -4.47. The van der Waals surface area contributed by atoms with E-state index >= 15 is 0 Å². The van der Waals surface area contributed by atoms with Crippen molar-refractivity contribution >= 4 is 0 Å². The van der Waals surface area contributed by atoms with E-state index in [-0.39, 0.29) is 5.69 Å². The molecule has 65 valence electrons. The van der Waals surface area contributed by atoms with Gasteiger partial charge in [0.15, 0.2) is 0 Å². The second-order valence-electron chi connectivity index (χ2n) is 2.30. The summed E-state index contributed by atoms with van der Waals surface area (Å²) < 4.78 is 35.9. The Balaban J connectivity index is 3.14. The number of aromatic nitrogens is 2. The fraction of sp³-hybridized carbons (Fsp3) is 0.286. The van der Waals surface area contributed by atoms with Gasteiger partial charge in [0, 0.05) is 11.9 Å². The van der Waals surface area contributed by atoms with Gasteiger partial charge < -0.3 is 0 Å². The van der Waals surface area contributed by atoms with Crippen LogP contribution in [0.4, 0.5) is 13.2 Å². The highest BCUT2D eigenvalue weighted by Gasteiger charge is 2.34. The standard InChI is InChI=1S/C7H6F3N2/c1-4-3-11-6(7(8,9)10)12-5(4)2/h3H,1H2,2H3. The van der Waals surface area contributed by atoms with Crippen LogP contribution < -0.4 is 0 Å². The SMILES string of the molecule is [CH2]c1cnc(C(F)(F)F)nc1C. The molecule has 0 bridgehead atoms. The first-order chi connectivity index (χ1) is 5.41. The first kappa shape index (κ1) is 8.96. The number of aryl methyl sites for hydroxylation is 1. The van der Waals surface area contributed by atoms with Crippen LogP contribution in [0.5, 0.6) is 0 Å². The van der Waals surface area contributed by atoms with Crippen molar-refractivity contribution in [1.29, 1.82) is 0 Å². The number of hydrogen-bond acceptors (Lipinski definition) is 2. The molecule has 0 aromatic carbocycles. The Morgan fingerprint density at radius 2 is 2.00 bits per heavy atom. The Labute approximate surface area is 67.5 Å². The van der Waals surface area contributed by atoms with E-state index in [1.165, 1.54) is 6.92 Å². The molecule has 0 aliphatic rings. The lowest BCUT2D eigenvalue weighted by atomic mass is 10.3. The van der Waals surface area contributed by atoms with Gasteiger partial charge in [0.2, 0.25) is 5.82 Å². The average molecular weight is 175 g/mol. The van der Waals surface area contributed by atoms with Crippen molar-refractivity contribution in [2.24, 2.45) is 0 Å². The summed E-state index contributed by atoms with van der Waals surface area (Å²) in [5, 5.41) is 0. The Bertz CT molecular complexity index is 293. The normalized spacial score (nSPS) is 11.8. The summed E-state index contributed by atoms with van der Waals surface area (Å²) in [4.78, 5) is 6.36. The zero-order chi connectivity index (χ0) is 9.35. The van der Waals surface area contributed by atoms with Gasteiger partial charge in [-0.1, -0.05) is 0 Å². The van der Waals surface area contributed by atoms with Crippen molar-refractivity contribution in [3.63, 3.8) is 0 Å². The number of hydrogen-bond donors (Lipinski definition) is 0. The van der Waals surface area contributed by atoms with Crippen LogP contribution in [-0.4, -0.2) is 9.97 Å². The molecule has 1 heterocycles. The first-order valence-corrected chi connectivity index (χ1v) is 3.14. The third-order valence-electron chi connectivity index (χ3n) is 1.33. The lowest BCUT2D eigenvalue weighted by Crippen LogP contribution is -2.11. The van der Waals surface area contributed by atoms with Crippen LogP contribution in [-0.2, 0) is 6.18 Å². The van der Waals surface area contributed by atoms with Crippen molar-refractivity contribution in [2.45, 2.75) is 13.1 Å². The molecule has 12 heavy (non-hydrogen) atoms. The maximum Gasteiger partial charge on any atom is 0.451 e. The molecule has 0 amide bonds. The molecule has 0 aliphatic heterocycles. The van der Waals surface area contributed by atoms with Crippen LogP contribution in [0.2, 0.25) is 0 Å². The van der Waals surface area contributed by atoms with Crippen LogP contribution in [0.25, 0.3) is 0 Å². The topological polar surface area (TPSA) is 25.8 Å². The molecule has 0 spiro atoms. The van der Waals surface area contributed by atoms with Crippen LogP contribution in [0, 0.1) is 13.8 Å². The summed E-state index contributed by atoms with van der Waals surface area (Å²) in [5.74, 6) is -1.12. The highest BCUT2D eigenvalue weighted by atomic mass is 19.4. The van der Waals surface area contributed by atoms with Crippen LogP contribution >= 0.6 is 0 Å². The van der Waals surface area contributed by atoms with E-state index < -0.39 is 12.0 Å². The van der Waals surface area contributed by atoms with Gasteiger partial charge in [0.05, 0.1) is 0 Å². The molecule has 0 atom stereocenters. The highest BCUT2D eigenvalue weighted by molar-refractivity contribution is 5.19. The Hall–Kier alpha value is -1.13. The van der Waals surface area contributed by atoms with E-state index in [4.69, 9.17) is 0 Å².